The number of benzene rings is 3. The Kier molecular flexibility index (Phi) is 5.84. The van der Waals surface area contributed by atoms with Crippen LogP contribution >= 0.6 is 31.9 Å². The average molecular weight is 560 g/mol. The second kappa shape index (κ2) is 8.77. The molecule has 0 saturated carbocycles. The third-order valence-electron chi connectivity index (χ3n) is 5.60. The highest BCUT2D eigenvalue weighted by atomic mass is 79.9. The number of hydrogen-bond acceptors (Lipinski definition) is 6. The van der Waals surface area contributed by atoms with Crippen LogP contribution in [0.15, 0.2) is 68.5 Å². The van der Waals surface area contributed by atoms with Crippen molar-refractivity contribution in [2.45, 2.75) is 18.6 Å². The average Bonchev–Trinajstić information content (AvgIpc) is 3.28. The van der Waals surface area contributed by atoms with Crippen LogP contribution in [0, 0.1) is 0 Å². The van der Waals surface area contributed by atoms with Crippen molar-refractivity contribution in [1.82, 2.24) is 5.32 Å². The van der Waals surface area contributed by atoms with Crippen molar-refractivity contribution >= 4 is 37.6 Å². The molecule has 2 aliphatic rings. The van der Waals surface area contributed by atoms with Gasteiger partial charge in [0.25, 0.3) is 0 Å². The third-order valence-corrected chi connectivity index (χ3v) is 6.72. The van der Waals surface area contributed by atoms with Crippen molar-refractivity contribution in [2.75, 3.05) is 13.9 Å². The summed E-state index contributed by atoms with van der Waals surface area (Å²) in [5, 5.41) is 14.2. The summed E-state index contributed by atoms with van der Waals surface area (Å²) >= 11 is 7.09. The predicted molar refractivity (Wildman–Crippen MR) is 129 cm³/mol. The van der Waals surface area contributed by atoms with E-state index in [2.05, 4.69) is 37.2 Å². The molecule has 6 nitrogen and oxygen atoms in total. The van der Waals surface area contributed by atoms with E-state index in [1.807, 2.05) is 48.5 Å². The maximum absolute atomic E-state index is 10.6. The molecule has 0 radical (unpaired) electrons. The first-order chi connectivity index (χ1) is 15.5. The molecule has 0 unspecified atom stereocenters. The Morgan fingerprint density at radius 3 is 2.69 bits per heavy atom. The van der Waals surface area contributed by atoms with Crippen LogP contribution in [0.2, 0.25) is 0 Å². The lowest BCUT2D eigenvalue weighted by atomic mass is 9.93. The molecule has 8 heteroatoms. The maximum atomic E-state index is 10.6. The molecule has 5 rings (SSSR count). The van der Waals surface area contributed by atoms with Gasteiger partial charge >= 0.3 is 0 Å². The van der Waals surface area contributed by atoms with Crippen molar-refractivity contribution < 1.29 is 19.3 Å². The fourth-order valence-corrected chi connectivity index (χ4v) is 4.92. The zero-order chi connectivity index (χ0) is 22.2. The molecule has 0 bridgehead atoms. The van der Waals surface area contributed by atoms with Gasteiger partial charge in [-0.05, 0) is 75.6 Å². The molecule has 2 N–H and O–H groups in total. The Morgan fingerprint density at radius 1 is 1.03 bits per heavy atom. The first kappa shape index (κ1) is 21.3. The second-order valence-electron chi connectivity index (χ2n) is 7.57. The van der Waals surface area contributed by atoms with Crippen molar-refractivity contribution in [1.29, 1.82) is 0 Å². The number of halogens is 2. The molecule has 3 aromatic rings. The number of nitrogens with one attached hydrogen (secondary N) is 1. The summed E-state index contributed by atoms with van der Waals surface area (Å²) in [5.74, 6) is 2.45. The van der Waals surface area contributed by atoms with E-state index in [-0.39, 0.29) is 24.8 Å². The van der Waals surface area contributed by atoms with E-state index in [9.17, 15) is 5.11 Å². The Bertz CT molecular complexity index is 1210. The standard InChI is InChI=1S/C24H20Br2N2O4/c1-30-21-6-3-14(8-17(21)26)24-27-18(13-2-7-22-23(9-13)32-12-31-22)11-19(28-24)16-10-15(25)4-5-20(16)29/h2-10,19,24,28-29H,11-12H2,1H3/t19-,24+/m1/s1. The molecule has 0 aromatic heterocycles. The van der Waals surface area contributed by atoms with Crippen LogP contribution in [-0.4, -0.2) is 24.7 Å². The topological polar surface area (TPSA) is 72.3 Å². The second-order valence-corrected chi connectivity index (χ2v) is 9.34. The van der Waals surface area contributed by atoms with Crippen LogP contribution in [0.3, 0.4) is 0 Å². The van der Waals surface area contributed by atoms with Crippen LogP contribution in [0.1, 0.15) is 35.3 Å². The Labute approximate surface area is 202 Å². The Morgan fingerprint density at radius 2 is 1.88 bits per heavy atom. The molecule has 32 heavy (non-hydrogen) atoms. The van der Waals surface area contributed by atoms with E-state index in [1.54, 1.807) is 13.2 Å². The van der Waals surface area contributed by atoms with Gasteiger partial charge in [-0.25, -0.2) is 0 Å². The number of phenolic OH excluding ortho intramolecular Hbond substituents is 1. The van der Waals surface area contributed by atoms with Crippen LogP contribution in [0.5, 0.6) is 23.0 Å². The molecule has 3 aromatic carbocycles. The van der Waals surface area contributed by atoms with E-state index < -0.39 is 0 Å². The summed E-state index contributed by atoms with van der Waals surface area (Å²) in [5.41, 5.74) is 3.68. The monoisotopic (exact) mass is 558 g/mol. The summed E-state index contributed by atoms with van der Waals surface area (Å²) < 4.78 is 18.2. The van der Waals surface area contributed by atoms with Crippen LogP contribution in [0.4, 0.5) is 0 Å². The van der Waals surface area contributed by atoms with Gasteiger partial charge in [0, 0.05) is 28.2 Å². The van der Waals surface area contributed by atoms with Gasteiger partial charge in [0.2, 0.25) is 6.79 Å². The van der Waals surface area contributed by atoms with Gasteiger partial charge in [0.1, 0.15) is 17.7 Å². The normalized spacial score (nSPS) is 19.5. The number of rotatable bonds is 4. The highest BCUT2D eigenvalue weighted by Gasteiger charge is 2.29. The van der Waals surface area contributed by atoms with Gasteiger partial charge in [-0.3, -0.25) is 10.3 Å². The quantitative estimate of drug-likeness (QED) is 0.418. The summed E-state index contributed by atoms with van der Waals surface area (Å²) in [6.45, 7) is 0.226. The lowest BCUT2D eigenvalue weighted by molar-refractivity contribution is 0.174. The molecule has 0 aliphatic carbocycles. The molecule has 2 atom stereocenters. The number of phenols is 1. The summed E-state index contributed by atoms with van der Waals surface area (Å²) in [6, 6.07) is 17.1. The molecule has 2 heterocycles. The first-order valence-electron chi connectivity index (χ1n) is 10.1. The van der Waals surface area contributed by atoms with Crippen LogP contribution in [-0.2, 0) is 0 Å². The lowest BCUT2D eigenvalue weighted by Crippen LogP contribution is -2.33. The fourth-order valence-electron chi connectivity index (χ4n) is 3.98. The minimum Gasteiger partial charge on any atom is -0.508 e. The van der Waals surface area contributed by atoms with Gasteiger partial charge in [0.15, 0.2) is 11.5 Å². The van der Waals surface area contributed by atoms with Crippen molar-refractivity contribution in [3.05, 3.63) is 80.2 Å². The molecule has 0 fully saturated rings. The van der Waals surface area contributed by atoms with Gasteiger partial charge in [-0.2, -0.15) is 0 Å². The van der Waals surface area contributed by atoms with Crippen LogP contribution in [0.25, 0.3) is 0 Å². The fraction of sp³-hybridized carbons (Fsp3) is 0.208. The van der Waals surface area contributed by atoms with Crippen molar-refractivity contribution in [3.63, 3.8) is 0 Å². The highest BCUT2D eigenvalue weighted by Crippen LogP contribution is 2.39. The summed E-state index contributed by atoms with van der Waals surface area (Å²) in [6.07, 6.45) is 0.298. The smallest absolute Gasteiger partial charge is 0.231 e. The SMILES string of the molecule is COc1ccc([C@H]2N=C(c3ccc4c(c3)OCO4)C[C@H](c3cc(Br)ccc3O)N2)cc1Br. The first-order valence-corrected chi connectivity index (χ1v) is 11.6. The number of ether oxygens (including phenoxy) is 3. The Hall–Kier alpha value is -2.55. The van der Waals surface area contributed by atoms with E-state index in [1.165, 1.54) is 0 Å². The largest absolute Gasteiger partial charge is 0.508 e. The summed E-state index contributed by atoms with van der Waals surface area (Å²) in [7, 11) is 1.64. The van der Waals surface area contributed by atoms with Crippen molar-refractivity contribution in [2.24, 2.45) is 4.99 Å². The predicted octanol–water partition coefficient (Wildman–Crippen LogP) is 5.88. The minimum atomic E-state index is -0.310. The molecule has 0 amide bonds. The van der Waals surface area contributed by atoms with Gasteiger partial charge in [-0.15, -0.1) is 0 Å². The van der Waals surface area contributed by atoms with E-state index >= 15 is 0 Å². The van der Waals surface area contributed by atoms with E-state index in [0.29, 0.717) is 12.2 Å². The molecular weight excluding hydrogens is 540 g/mol. The van der Waals surface area contributed by atoms with E-state index in [0.717, 1.165) is 42.8 Å². The maximum Gasteiger partial charge on any atom is 0.231 e. The zero-order valence-corrected chi connectivity index (χ0v) is 20.3. The molecule has 164 valence electrons. The lowest BCUT2D eigenvalue weighted by Gasteiger charge is -2.31. The molecular formula is C24H20Br2N2O4. The zero-order valence-electron chi connectivity index (χ0n) is 17.1. The van der Waals surface area contributed by atoms with E-state index in [4.69, 9.17) is 19.2 Å². The number of nitrogens with zero attached hydrogens (tertiary/aromatic N) is 1. The number of hydrogen-bond donors (Lipinski definition) is 2. The molecule has 0 spiro atoms. The number of fused-ring (bicyclic) bond motifs is 1. The minimum absolute atomic E-state index is 0.142. The van der Waals surface area contributed by atoms with Gasteiger partial charge < -0.3 is 19.3 Å². The third kappa shape index (κ3) is 4.10. The Balaban J connectivity index is 1.57. The number of aliphatic imine (C=N–C) groups is 1. The van der Waals surface area contributed by atoms with Gasteiger partial charge in [0.05, 0.1) is 11.6 Å². The molecule has 0 saturated heterocycles. The van der Waals surface area contributed by atoms with Gasteiger partial charge in [-0.1, -0.05) is 22.0 Å². The summed E-state index contributed by atoms with van der Waals surface area (Å²) in [4.78, 5) is 5.03. The molecule has 2 aliphatic heterocycles. The van der Waals surface area contributed by atoms with Crippen LogP contribution < -0.4 is 19.5 Å². The van der Waals surface area contributed by atoms with Crippen molar-refractivity contribution in [3.8, 4) is 23.0 Å². The highest BCUT2D eigenvalue weighted by molar-refractivity contribution is 9.10. The number of aromatic hydroxyl groups is 1. The number of methoxy groups -OCH3 is 1.